The first-order valence-corrected chi connectivity index (χ1v) is 5.43. The largest absolute Gasteiger partial charge is 0.481 e. The normalized spacial score (nSPS) is 21.3. The fourth-order valence-electron chi connectivity index (χ4n) is 2.16. The van der Waals surface area contributed by atoms with Gasteiger partial charge in [0.1, 0.15) is 0 Å². The second-order valence-corrected chi connectivity index (χ2v) is 4.61. The summed E-state index contributed by atoms with van der Waals surface area (Å²) in [5.41, 5.74) is -0.506. The first kappa shape index (κ1) is 12.5. The molecular formula is C11H20O4. The summed E-state index contributed by atoms with van der Waals surface area (Å²) in [7, 11) is 0. The molecule has 0 amide bonds. The van der Waals surface area contributed by atoms with Crippen LogP contribution < -0.4 is 0 Å². The summed E-state index contributed by atoms with van der Waals surface area (Å²) in [6.07, 6.45) is 1.61. The van der Waals surface area contributed by atoms with Crippen molar-refractivity contribution in [2.45, 2.75) is 45.8 Å². The molecule has 4 nitrogen and oxygen atoms in total. The molecule has 1 N–H and O–H groups in total. The molecule has 0 bridgehead atoms. The van der Waals surface area contributed by atoms with E-state index in [-0.39, 0.29) is 6.42 Å². The van der Waals surface area contributed by atoms with Crippen LogP contribution in [0.15, 0.2) is 0 Å². The number of hydrogen-bond donors (Lipinski definition) is 1. The van der Waals surface area contributed by atoms with Crippen molar-refractivity contribution in [3.05, 3.63) is 0 Å². The molecule has 1 saturated heterocycles. The molecule has 88 valence electrons. The SMILES string of the molecule is CCC1(C(C)(C)CC(=O)O)OCCCO1. The van der Waals surface area contributed by atoms with Gasteiger partial charge in [0.15, 0.2) is 5.79 Å². The molecule has 1 heterocycles. The van der Waals surface area contributed by atoms with Crippen molar-refractivity contribution < 1.29 is 19.4 Å². The average Bonchev–Trinajstić information content (AvgIpc) is 2.16. The lowest BCUT2D eigenvalue weighted by Crippen LogP contribution is -2.52. The summed E-state index contributed by atoms with van der Waals surface area (Å²) in [6, 6.07) is 0. The molecule has 1 aliphatic heterocycles. The third-order valence-electron chi connectivity index (χ3n) is 3.05. The quantitative estimate of drug-likeness (QED) is 0.781. The molecule has 1 aliphatic rings. The van der Waals surface area contributed by atoms with E-state index in [4.69, 9.17) is 14.6 Å². The average molecular weight is 216 g/mol. The van der Waals surface area contributed by atoms with E-state index in [9.17, 15) is 4.79 Å². The zero-order valence-corrected chi connectivity index (χ0v) is 9.71. The van der Waals surface area contributed by atoms with Gasteiger partial charge in [0.25, 0.3) is 0 Å². The van der Waals surface area contributed by atoms with Gasteiger partial charge in [-0.1, -0.05) is 20.8 Å². The van der Waals surface area contributed by atoms with E-state index < -0.39 is 17.2 Å². The summed E-state index contributed by atoms with van der Waals surface area (Å²) in [5, 5.41) is 8.88. The summed E-state index contributed by atoms with van der Waals surface area (Å²) >= 11 is 0. The Hall–Kier alpha value is -0.610. The minimum Gasteiger partial charge on any atom is -0.481 e. The number of carbonyl (C=O) groups is 1. The maximum Gasteiger partial charge on any atom is 0.304 e. The highest BCUT2D eigenvalue weighted by molar-refractivity contribution is 5.67. The number of hydrogen-bond acceptors (Lipinski definition) is 3. The molecule has 0 aromatic carbocycles. The van der Waals surface area contributed by atoms with Crippen molar-refractivity contribution in [3.63, 3.8) is 0 Å². The zero-order chi connectivity index (χ0) is 11.5. The van der Waals surface area contributed by atoms with Crippen LogP contribution in [-0.4, -0.2) is 30.1 Å². The summed E-state index contributed by atoms with van der Waals surface area (Å²) in [6.45, 7) is 7.04. The second kappa shape index (κ2) is 4.49. The Balaban J connectivity index is 2.82. The predicted octanol–water partition coefficient (Wildman–Crippen LogP) is 2.03. The van der Waals surface area contributed by atoms with Crippen LogP contribution in [0.25, 0.3) is 0 Å². The highest BCUT2D eigenvalue weighted by Gasteiger charge is 2.48. The van der Waals surface area contributed by atoms with Gasteiger partial charge >= 0.3 is 5.97 Å². The van der Waals surface area contributed by atoms with E-state index in [1.807, 2.05) is 20.8 Å². The van der Waals surface area contributed by atoms with Crippen molar-refractivity contribution in [2.75, 3.05) is 13.2 Å². The summed E-state index contributed by atoms with van der Waals surface area (Å²) in [5.74, 6) is -1.55. The molecule has 1 fully saturated rings. The monoisotopic (exact) mass is 216 g/mol. The van der Waals surface area contributed by atoms with E-state index in [1.165, 1.54) is 0 Å². The molecule has 0 saturated carbocycles. The Kier molecular flexibility index (Phi) is 3.73. The third kappa shape index (κ3) is 2.49. The lowest BCUT2D eigenvalue weighted by Gasteiger charge is -2.47. The molecule has 0 aromatic heterocycles. The van der Waals surface area contributed by atoms with Gasteiger partial charge in [-0.05, 0) is 12.8 Å². The van der Waals surface area contributed by atoms with Gasteiger partial charge in [-0.2, -0.15) is 0 Å². The van der Waals surface area contributed by atoms with Gasteiger partial charge in [-0.25, -0.2) is 0 Å². The molecule has 15 heavy (non-hydrogen) atoms. The Morgan fingerprint density at radius 1 is 1.40 bits per heavy atom. The fourth-order valence-corrected chi connectivity index (χ4v) is 2.16. The number of carboxylic acid groups (broad SMARTS) is 1. The zero-order valence-electron chi connectivity index (χ0n) is 9.71. The number of aliphatic carboxylic acids is 1. The van der Waals surface area contributed by atoms with Gasteiger partial charge in [-0.3, -0.25) is 4.79 Å². The first-order chi connectivity index (χ1) is 6.93. The van der Waals surface area contributed by atoms with Crippen LogP contribution in [-0.2, 0) is 14.3 Å². The third-order valence-corrected chi connectivity index (χ3v) is 3.05. The van der Waals surface area contributed by atoms with Crippen molar-refractivity contribution in [3.8, 4) is 0 Å². The van der Waals surface area contributed by atoms with Gasteiger partial charge in [0.2, 0.25) is 0 Å². The topological polar surface area (TPSA) is 55.8 Å². The van der Waals surface area contributed by atoms with Crippen LogP contribution >= 0.6 is 0 Å². The lowest BCUT2D eigenvalue weighted by molar-refractivity contribution is -0.319. The van der Waals surface area contributed by atoms with Crippen LogP contribution in [0.1, 0.15) is 40.0 Å². The maximum atomic E-state index is 10.8. The Bertz CT molecular complexity index is 229. The number of rotatable bonds is 4. The predicted molar refractivity (Wildman–Crippen MR) is 55.6 cm³/mol. The minimum absolute atomic E-state index is 0.0564. The Morgan fingerprint density at radius 2 is 1.93 bits per heavy atom. The molecule has 0 aliphatic carbocycles. The molecule has 0 unspecified atom stereocenters. The van der Waals surface area contributed by atoms with E-state index in [1.54, 1.807) is 0 Å². The van der Waals surface area contributed by atoms with Crippen molar-refractivity contribution in [2.24, 2.45) is 5.41 Å². The maximum absolute atomic E-state index is 10.8. The molecule has 4 heteroatoms. The first-order valence-electron chi connectivity index (χ1n) is 5.43. The van der Waals surface area contributed by atoms with Crippen LogP contribution in [0.3, 0.4) is 0 Å². The van der Waals surface area contributed by atoms with Gasteiger partial charge in [0, 0.05) is 5.41 Å². The van der Waals surface area contributed by atoms with E-state index >= 15 is 0 Å². The van der Waals surface area contributed by atoms with Crippen molar-refractivity contribution in [1.29, 1.82) is 0 Å². The van der Waals surface area contributed by atoms with Crippen molar-refractivity contribution >= 4 is 5.97 Å². The molecule has 0 atom stereocenters. The smallest absolute Gasteiger partial charge is 0.304 e. The lowest BCUT2D eigenvalue weighted by atomic mass is 9.78. The fraction of sp³-hybridized carbons (Fsp3) is 0.909. The van der Waals surface area contributed by atoms with Gasteiger partial charge in [-0.15, -0.1) is 0 Å². The van der Waals surface area contributed by atoms with E-state index in [0.29, 0.717) is 19.6 Å². The molecule has 1 rings (SSSR count). The number of ether oxygens (including phenoxy) is 2. The molecule has 0 aromatic rings. The minimum atomic E-state index is -0.814. The highest BCUT2D eigenvalue weighted by Crippen LogP contribution is 2.42. The summed E-state index contributed by atoms with van der Waals surface area (Å²) in [4.78, 5) is 10.8. The van der Waals surface area contributed by atoms with Crippen LogP contribution in [0, 0.1) is 5.41 Å². The number of carboxylic acids is 1. The molecular weight excluding hydrogens is 196 g/mol. The van der Waals surface area contributed by atoms with Crippen LogP contribution in [0.5, 0.6) is 0 Å². The Morgan fingerprint density at radius 3 is 2.33 bits per heavy atom. The van der Waals surface area contributed by atoms with Crippen LogP contribution in [0.4, 0.5) is 0 Å². The second-order valence-electron chi connectivity index (χ2n) is 4.61. The van der Waals surface area contributed by atoms with Crippen LogP contribution in [0.2, 0.25) is 0 Å². The standard InChI is InChI=1S/C11H20O4/c1-4-11(14-6-5-7-15-11)10(2,3)8-9(12)13/h4-8H2,1-3H3,(H,12,13). The Labute approximate surface area is 90.6 Å². The van der Waals surface area contributed by atoms with E-state index in [0.717, 1.165) is 6.42 Å². The van der Waals surface area contributed by atoms with E-state index in [2.05, 4.69) is 0 Å². The summed E-state index contributed by atoms with van der Waals surface area (Å²) < 4.78 is 11.4. The highest BCUT2D eigenvalue weighted by atomic mass is 16.7. The van der Waals surface area contributed by atoms with Crippen molar-refractivity contribution in [1.82, 2.24) is 0 Å². The van der Waals surface area contributed by atoms with Gasteiger partial charge in [0.05, 0.1) is 19.6 Å². The molecule has 0 radical (unpaired) electrons. The molecule has 0 spiro atoms. The van der Waals surface area contributed by atoms with Gasteiger partial charge < -0.3 is 14.6 Å².